The number of methoxy groups -OCH3 is 1. The number of hydrogen-bond donors (Lipinski definition) is 2. The highest BCUT2D eigenvalue weighted by atomic mass is 32.2. The Morgan fingerprint density at radius 2 is 2.20 bits per heavy atom. The zero-order valence-electron chi connectivity index (χ0n) is 15.9. The van der Waals surface area contributed by atoms with Crippen molar-refractivity contribution in [1.82, 2.24) is 9.97 Å². The summed E-state index contributed by atoms with van der Waals surface area (Å²) in [5.41, 5.74) is 5.90. The number of amidine groups is 1. The smallest absolute Gasteiger partial charge is 0.281 e. The van der Waals surface area contributed by atoms with Crippen LogP contribution in [0, 0.1) is 23.2 Å². The van der Waals surface area contributed by atoms with Gasteiger partial charge in [-0.05, 0) is 42.7 Å². The van der Waals surface area contributed by atoms with Gasteiger partial charge in [0.05, 0.1) is 18.9 Å². The fraction of sp³-hybridized carbons (Fsp3) is 0.250. The summed E-state index contributed by atoms with van der Waals surface area (Å²) < 4.78 is 31.4. The highest BCUT2D eigenvalue weighted by Gasteiger charge is 2.20. The number of carbonyl (C=O) groups is 1. The molecule has 156 valence electrons. The number of nitrogens with zero attached hydrogens (tertiary/aromatic N) is 3. The van der Waals surface area contributed by atoms with E-state index >= 15 is 0 Å². The van der Waals surface area contributed by atoms with Crippen LogP contribution in [-0.4, -0.2) is 33.2 Å². The lowest BCUT2D eigenvalue weighted by molar-refractivity contribution is 0.100. The average Bonchev–Trinajstić information content (AvgIpc) is 3.56. The van der Waals surface area contributed by atoms with Crippen LogP contribution in [-0.2, 0) is 0 Å². The number of halogens is 2. The largest absolute Gasteiger partial charge is 0.494 e. The summed E-state index contributed by atoms with van der Waals surface area (Å²) in [4.78, 5) is 24.1. The van der Waals surface area contributed by atoms with Crippen LogP contribution in [0.1, 0.15) is 36.7 Å². The Morgan fingerprint density at radius 1 is 1.43 bits per heavy atom. The van der Waals surface area contributed by atoms with Gasteiger partial charge in [0.2, 0.25) is 0 Å². The number of rotatable bonds is 4. The van der Waals surface area contributed by atoms with Gasteiger partial charge in [-0.25, -0.2) is 8.78 Å². The van der Waals surface area contributed by atoms with Crippen molar-refractivity contribution >= 4 is 27.9 Å². The molecule has 1 aliphatic rings. The van der Waals surface area contributed by atoms with E-state index in [0.29, 0.717) is 11.5 Å². The first-order valence-corrected chi connectivity index (χ1v) is 9.63. The number of pyridine rings is 2. The maximum Gasteiger partial charge on any atom is 0.281 e. The first kappa shape index (κ1) is 21.4. The fourth-order valence-electron chi connectivity index (χ4n) is 2.46. The molecule has 0 saturated heterocycles. The van der Waals surface area contributed by atoms with E-state index in [4.69, 9.17) is 15.9 Å². The summed E-state index contributed by atoms with van der Waals surface area (Å²) in [5, 5.41) is 7.63. The molecule has 1 aliphatic carbocycles. The molecule has 30 heavy (non-hydrogen) atoms. The molecule has 2 heterocycles. The Balaban J connectivity index is 0.00000341. The summed E-state index contributed by atoms with van der Waals surface area (Å²) in [7, 11) is 1.37. The van der Waals surface area contributed by atoms with Gasteiger partial charge in [-0.3, -0.25) is 20.2 Å². The second-order valence-electron chi connectivity index (χ2n) is 6.26. The molecule has 0 spiro atoms. The van der Waals surface area contributed by atoms with Gasteiger partial charge in [-0.15, -0.1) is 0 Å². The molecule has 0 unspecified atom stereocenters. The zero-order chi connectivity index (χ0) is 21.7. The third-order valence-corrected chi connectivity index (χ3v) is 4.67. The molecule has 0 bridgehead atoms. The minimum Gasteiger partial charge on any atom is -0.494 e. The second-order valence-corrected chi connectivity index (χ2v) is 7.29. The van der Waals surface area contributed by atoms with E-state index < -0.39 is 18.0 Å². The van der Waals surface area contributed by atoms with Crippen LogP contribution in [0.15, 0.2) is 35.7 Å². The highest BCUT2D eigenvalue weighted by molar-refractivity contribution is 8.26. The van der Waals surface area contributed by atoms with Gasteiger partial charge < -0.3 is 10.5 Å². The number of aliphatic imine (C=N–C) groups is 1. The van der Waals surface area contributed by atoms with Crippen molar-refractivity contribution in [3.63, 3.8) is 0 Å². The zero-order valence-corrected chi connectivity index (χ0v) is 16.7. The van der Waals surface area contributed by atoms with Gasteiger partial charge in [-0.1, -0.05) is 5.92 Å². The SMILES string of the molecule is COc1cnc(C(F)F)cc1-c1ccncc1C(=O)N=C(N)SC(=N)C#CC1CC1.[HH]. The molecule has 7 nitrogen and oxygen atoms in total. The van der Waals surface area contributed by atoms with E-state index in [0.717, 1.165) is 30.7 Å². The van der Waals surface area contributed by atoms with Gasteiger partial charge in [0.25, 0.3) is 12.3 Å². The van der Waals surface area contributed by atoms with Crippen LogP contribution < -0.4 is 10.5 Å². The Morgan fingerprint density at radius 3 is 2.87 bits per heavy atom. The summed E-state index contributed by atoms with van der Waals surface area (Å²) in [6, 6.07) is 2.64. The molecular weight excluding hydrogens is 412 g/mol. The van der Waals surface area contributed by atoms with Crippen molar-refractivity contribution in [3.8, 4) is 28.7 Å². The third-order valence-electron chi connectivity index (χ3n) is 4.06. The van der Waals surface area contributed by atoms with Crippen molar-refractivity contribution in [2.24, 2.45) is 16.6 Å². The molecule has 2 aromatic rings. The van der Waals surface area contributed by atoms with E-state index in [1.807, 2.05) is 0 Å². The van der Waals surface area contributed by atoms with Crippen LogP contribution in [0.4, 0.5) is 8.78 Å². The summed E-state index contributed by atoms with van der Waals surface area (Å²) in [6.07, 6.45) is 3.12. The number of aromatic nitrogens is 2. The molecule has 3 N–H and O–H groups in total. The Kier molecular flexibility index (Phi) is 6.74. The second kappa shape index (κ2) is 9.45. The topological polar surface area (TPSA) is 114 Å². The Bertz CT molecular complexity index is 1080. The van der Waals surface area contributed by atoms with Gasteiger partial charge in [-0.2, -0.15) is 4.99 Å². The molecule has 0 aliphatic heterocycles. The molecular formula is C20H19F2N5O2S. The van der Waals surface area contributed by atoms with E-state index in [9.17, 15) is 13.6 Å². The average molecular weight is 431 g/mol. The summed E-state index contributed by atoms with van der Waals surface area (Å²) >= 11 is 0.770. The number of carbonyl (C=O) groups excluding carboxylic acids is 1. The minimum atomic E-state index is -2.79. The monoisotopic (exact) mass is 431 g/mol. The maximum atomic E-state index is 13.1. The molecule has 0 atom stereocenters. The van der Waals surface area contributed by atoms with E-state index in [1.54, 1.807) is 0 Å². The Hall–Kier alpha value is -3.32. The summed E-state index contributed by atoms with van der Waals surface area (Å²) in [6.45, 7) is 0. The molecule has 10 heteroatoms. The quantitative estimate of drug-likeness (QED) is 0.431. The van der Waals surface area contributed by atoms with Crippen LogP contribution in [0.3, 0.4) is 0 Å². The lowest BCUT2D eigenvalue weighted by Crippen LogP contribution is -2.13. The van der Waals surface area contributed by atoms with Crippen molar-refractivity contribution < 1.29 is 19.7 Å². The molecule has 2 aromatic heterocycles. The predicted octanol–water partition coefficient (Wildman–Crippen LogP) is 3.91. The number of ether oxygens (including phenoxy) is 1. The molecule has 1 fully saturated rings. The molecule has 3 rings (SSSR count). The van der Waals surface area contributed by atoms with Gasteiger partial charge in [0.1, 0.15) is 16.5 Å². The molecule has 1 amide bonds. The number of amides is 1. The van der Waals surface area contributed by atoms with Crippen molar-refractivity contribution in [2.75, 3.05) is 7.11 Å². The lowest BCUT2D eigenvalue weighted by atomic mass is 10.0. The third kappa shape index (κ3) is 5.39. The van der Waals surface area contributed by atoms with Gasteiger partial charge in [0, 0.05) is 30.9 Å². The van der Waals surface area contributed by atoms with Crippen molar-refractivity contribution in [3.05, 3.63) is 42.0 Å². The molecule has 0 aromatic carbocycles. The van der Waals surface area contributed by atoms with Crippen LogP contribution in [0.2, 0.25) is 0 Å². The van der Waals surface area contributed by atoms with Crippen LogP contribution in [0.5, 0.6) is 5.75 Å². The number of alkyl halides is 2. The van der Waals surface area contributed by atoms with Crippen LogP contribution in [0.25, 0.3) is 11.1 Å². The minimum absolute atomic E-state index is 0. The van der Waals surface area contributed by atoms with Gasteiger partial charge >= 0.3 is 0 Å². The first-order chi connectivity index (χ1) is 14.4. The van der Waals surface area contributed by atoms with E-state index in [-0.39, 0.29) is 28.5 Å². The molecule has 1 saturated carbocycles. The van der Waals surface area contributed by atoms with Crippen molar-refractivity contribution in [1.29, 1.82) is 5.41 Å². The summed E-state index contributed by atoms with van der Waals surface area (Å²) in [5.74, 6) is 5.41. The number of nitrogens with two attached hydrogens (primary N) is 1. The Labute approximate surface area is 177 Å². The first-order valence-electron chi connectivity index (χ1n) is 8.82. The van der Waals surface area contributed by atoms with Crippen molar-refractivity contribution in [2.45, 2.75) is 19.3 Å². The fourth-order valence-corrected chi connectivity index (χ4v) is 2.91. The van der Waals surface area contributed by atoms with Crippen LogP contribution >= 0.6 is 11.8 Å². The number of hydrogen-bond acceptors (Lipinski definition) is 6. The highest BCUT2D eigenvalue weighted by Crippen LogP contribution is 2.34. The number of nitrogens with one attached hydrogen (secondary N) is 1. The van der Waals surface area contributed by atoms with E-state index in [2.05, 4.69) is 26.8 Å². The standard InChI is InChI=1S/C20H17F2N5O2S.H2/c1-29-16-10-26-15(18(21)22)8-13(16)12-6-7-25-9-14(12)19(28)27-20(24)30-17(23)5-4-11-2-3-11;/h6-11,18,23H,2-3H2,1H3,(H2,24,27,28);1H. The van der Waals surface area contributed by atoms with Gasteiger partial charge in [0.15, 0.2) is 5.17 Å². The van der Waals surface area contributed by atoms with E-state index in [1.165, 1.54) is 31.8 Å². The maximum absolute atomic E-state index is 13.1. The lowest BCUT2D eigenvalue weighted by Gasteiger charge is -2.12. The normalized spacial score (nSPS) is 13.5. The number of thioether (sulfide) groups is 1. The predicted molar refractivity (Wildman–Crippen MR) is 113 cm³/mol. The molecule has 0 radical (unpaired) electrons.